The van der Waals surface area contributed by atoms with Gasteiger partial charge < -0.3 is 4.74 Å². The van der Waals surface area contributed by atoms with Gasteiger partial charge in [0.2, 0.25) is 0 Å². The van der Waals surface area contributed by atoms with Crippen molar-refractivity contribution in [2.75, 3.05) is 7.11 Å². The van der Waals surface area contributed by atoms with Crippen molar-refractivity contribution in [3.63, 3.8) is 0 Å². The number of esters is 1. The van der Waals surface area contributed by atoms with Gasteiger partial charge in [-0.05, 0) is 36.1 Å². The van der Waals surface area contributed by atoms with Crippen molar-refractivity contribution in [1.82, 2.24) is 0 Å². The van der Waals surface area contributed by atoms with E-state index >= 15 is 0 Å². The molecule has 0 N–H and O–H groups in total. The number of carbonyl (C=O) groups is 1. The molecule has 1 unspecified atom stereocenters. The molecular weight excluding hydrogens is 376 g/mol. The summed E-state index contributed by atoms with van der Waals surface area (Å²) in [6.07, 6.45) is -7.87. The van der Waals surface area contributed by atoms with E-state index in [9.17, 15) is 31.1 Å². The Morgan fingerprint density at radius 2 is 1.59 bits per heavy atom. The van der Waals surface area contributed by atoms with Crippen molar-refractivity contribution in [1.29, 1.82) is 0 Å². The maximum atomic E-state index is 12.9. The summed E-state index contributed by atoms with van der Waals surface area (Å²) in [7, 11) is 1.10. The highest BCUT2D eigenvalue weighted by Gasteiger charge is 2.38. The van der Waals surface area contributed by atoms with Crippen LogP contribution in [0.1, 0.15) is 37.0 Å². The zero-order valence-electron chi connectivity index (χ0n) is 14.9. The number of ether oxygens (including phenoxy) is 1. The third-order valence-electron chi connectivity index (χ3n) is 3.65. The number of nitrogens with zero attached hydrogens (tertiary/aromatic N) is 1. The van der Waals surface area contributed by atoms with E-state index in [2.05, 4.69) is 16.3 Å². The van der Waals surface area contributed by atoms with Gasteiger partial charge in [0.15, 0.2) is 5.54 Å². The Kier molecular flexibility index (Phi) is 6.85. The summed E-state index contributed by atoms with van der Waals surface area (Å²) in [4.78, 5) is 16.1. The number of carbonyl (C=O) groups excluding carboxylic acids is 1. The molecule has 27 heavy (non-hydrogen) atoms. The monoisotopic (exact) mass is 395 g/mol. The molecular formula is C18H19F6NO2. The lowest BCUT2D eigenvalue weighted by Crippen LogP contribution is -2.37. The van der Waals surface area contributed by atoms with E-state index in [-0.39, 0.29) is 18.4 Å². The number of hydrogen-bond acceptors (Lipinski definition) is 3. The largest absolute Gasteiger partial charge is 0.467 e. The van der Waals surface area contributed by atoms with Crippen molar-refractivity contribution in [2.45, 2.75) is 38.2 Å². The van der Waals surface area contributed by atoms with Crippen molar-refractivity contribution in [3.8, 4) is 0 Å². The van der Waals surface area contributed by atoms with Crippen LogP contribution in [0.25, 0.3) is 0 Å². The Morgan fingerprint density at radius 3 is 1.93 bits per heavy atom. The van der Waals surface area contributed by atoms with Gasteiger partial charge in [0.1, 0.15) is 0 Å². The van der Waals surface area contributed by atoms with Crippen molar-refractivity contribution in [2.24, 2.45) is 10.9 Å². The van der Waals surface area contributed by atoms with Crippen LogP contribution in [-0.4, -0.2) is 24.8 Å². The minimum atomic E-state index is -4.97. The third kappa shape index (κ3) is 5.83. The Morgan fingerprint density at radius 1 is 1.11 bits per heavy atom. The normalized spacial score (nSPS) is 15.0. The molecule has 0 heterocycles. The first kappa shape index (κ1) is 22.7. The van der Waals surface area contributed by atoms with E-state index in [4.69, 9.17) is 0 Å². The number of rotatable bonds is 6. The van der Waals surface area contributed by atoms with Gasteiger partial charge in [-0.1, -0.05) is 19.9 Å². The van der Waals surface area contributed by atoms with Gasteiger partial charge in [-0.25, -0.2) is 4.79 Å². The lowest BCUT2D eigenvalue weighted by atomic mass is 9.89. The van der Waals surface area contributed by atoms with Gasteiger partial charge in [-0.2, -0.15) is 26.3 Å². The number of benzene rings is 1. The minimum Gasteiger partial charge on any atom is -0.467 e. The summed E-state index contributed by atoms with van der Waals surface area (Å²) >= 11 is 0. The molecule has 1 aromatic rings. The van der Waals surface area contributed by atoms with E-state index < -0.39 is 40.6 Å². The molecule has 0 amide bonds. The maximum Gasteiger partial charge on any atom is 0.416 e. The highest BCUT2D eigenvalue weighted by atomic mass is 19.4. The molecule has 0 aliphatic carbocycles. The minimum absolute atomic E-state index is 0.0204. The van der Waals surface area contributed by atoms with Gasteiger partial charge in [0.25, 0.3) is 0 Å². The second-order valence-corrected chi connectivity index (χ2v) is 6.32. The van der Waals surface area contributed by atoms with Crippen LogP contribution in [0, 0.1) is 5.92 Å². The van der Waals surface area contributed by atoms with Crippen molar-refractivity contribution in [3.05, 3.63) is 47.5 Å². The van der Waals surface area contributed by atoms with E-state index in [1.165, 1.54) is 0 Å². The van der Waals surface area contributed by atoms with E-state index in [1.807, 2.05) is 0 Å². The van der Waals surface area contributed by atoms with Gasteiger partial charge in [0, 0.05) is 6.21 Å². The van der Waals surface area contributed by atoms with Gasteiger partial charge in [0.05, 0.1) is 18.2 Å². The van der Waals surface area contributed by atoms with E-state index in [0.717, 1.165) is 19.4 Å². The molecule has 0 radical (unpaired) electrons. The molecule has 1 aromatic carbocycles. The summed E-state index contributed by atoms with van der Waals surface area (Å²) in [5, 5.41) is 0. The SMILES string of the molecule is C=CC(CC(C)C)(/N=C/c1cc(C(F)(F)F)cc(C(F)(F)F)c1)C(=O)OC. The second-order valence-electron chi connectivity index (χ2n) is 6.32. The molecule has 0 saturated carbocycles. The van der Waals surface area contributed by atoms with Crippen LogP contribution in [-0.2, 0) is 21.9 Å². The Hall–Kier alpha value is -2.32. The Labute approximate surface area is 152 Å². The highest BCUT2D eigenvalue weighted by molar-refractivity contribution is 5.89. The molecule has 0 saturated heterocycles. The highest BCUT2D eigenvalue weighted by Crippen LogP contribution is 2.36. The standard InChI is InChI=1S/C18H19F6NO2/c1-5-16(9-11(2)3,15(26)27-4)25-10-12-6-13(17(19,20)21)8-14(7-12)18(22,23)24/h5-8,10-11H,1,9H2,2-4H3/b25-10+. The first-order valence-electron chi connectivity index (χ1n) is 7.82. The molecule has 0 fully saturated rings. The number of aliphatic imine (C=N–C) groups is 1. The zero-order chi connectivity index (χ0) is 21.0. The average molecular weight is 395 g/mol. The molecule has 0 aliphatic heterocycles. The first-order valence-corrected chi connectivity index (χ1v) is 7.82. The molecule has 0 bridgehead atoms. The second kappa shape index (κ2) is 8.14. The van der Waals surface area contributed by atoms with Crippen molar-refractivity contribution < 1.29 is 35.9 Å². The molecule has 0 spiro atoms. The summed E-state index contributed by atoms with van der Waals surface area (Å²) in [5.74, 6) is -0.892. The van der Waals surface area contributed by atoms with Crippen LogP contribution < -0.4 is 0 Å². The summed E-state index contributed by atoms with van der Waals surface area (Å²) in [5.41, 5.74) is -5.00. The number of alkyl halides is 6. The van der Waals surface area contributed by atoms with Crippen LogP contribution in [0.3, 0.4) is 0 Å². The van der Waals surface area contributed by atoms with E-state index in [0.29, 0.717) is 12.1 Å². The van der Waals surface area contributed by atoms with Crippen LogP contribution in [0.5, 0.6) is 0 Å². The summed E-state index contributed by atoms with van der Waals surface area (Å²) < 4.78 is 82.2. The molecule has 3 nitrogen and oxygen atoms in total. The smallest absolute Gasteiger partial charge is 0.416 e. The zero-order valence-corrected chi connectivity index (χ0v) is 14.9. The van der Waals surface area contributed by atoms with Gasteiger partial charge >= 0.3 is 18.3 Å². The maximum absolute atomic E-state index is 12.9. The number of hydrogen-bond donors (Lipinski definition) is 0. The van der Waals surface area contributed by atoms with E-state index in [1.54, 1.807) is 13.8 Å². The van der Waals surface area contributed by atoms with Crippen LogP contribution in [0.15, 0.2) is 35.8 Å². The molecule has 150 valence electrons. The Bertz CT molecular complexity index is 689. The Balaban J connectivity index is 3.50. The molecule has 0 aliphatic rings. The lowest BCUT2D eigenvalue weighted by molar-refractivity contribution is -0.146. The molecule has 9 heteroatoms. The fourth-order valence-electron chi connectivity index (χ4n) is 2.45. The average Bonchev–Trinajstić information content (AvgIpc) is 2.55. The van der Waals surface area contributed by atoms with Gasteiger partial charge in [-0.15, -0.1) is 6.58 Å². The van der Waals surface area contributed by atoms with Crippen LogP contribution in [0.2, 0.25) is 0 Å². The van der Waals surface area contributed by atoms with Gasteiger partial charge in [-0.3, -0.25) is 4.99 Å². The third-order valence-corrected chi connectivity index (χ3v) is 3.65. The van der Waals surface area contributed by atoms with Crippen LogP contribution >= 0.6 is 0 Å². The quantitative estimate of drug-likeness (QED) is 0.284. The summed E-state index contributed by atoms with van der Waals surface area (Å²) in [6, 6.07) is 1.07. The summed E-state index contributed by atoms with van der Waals surface area (Å²) in [6.45, 7) is 7.04. The predicted octanol–water partition coefficient (Wildman–Crippen LogP) is 5.29. The lowest BCUT2D eigenvalue weighted by Gasteiger charge is -2.25. The van der Waals surface area contributed by atoms with Crippen LogP contribution in [0.4, 0.5) is 26.3 Å². The predicted molar refractivity (Wildman–Crippen MR) is 88.4 cm³/mol. The fraction of sp³-hybridized carbons (Fsp3) is 0.444. The topological polar surface area (TPSA) is 38.7 Å². The number of halogens is 6. The first-order chi connectivity index (χ1) is 12.2. The molecule has 0 aromatic heterocycles. The van der Waals surface area contributed by atoms with Crippen molar-refractivity contribution >= 4 is 12.2 Å². The fourth-order valence-corrected chi connectivity index (χ4v) is 2.45. The molecule has 1 atom stereocenters. The molecule has 1 rings (SSSR count). The number of methoxy groups -OCH3 is 1.